The lowest BCUT2D eigenvalue weighted by atomic mass is 10.1. The van der Waals surface area contributed by atoms with Gasteiger partial charge in [-0.05, 0) is 32.1 Å². The number of terminal acetylenes is 1. The summed E-state index contributed by atoms with van der Waals surface area (Å²) in [6.45, 7) is 4.01. The molecule has 0 aromatic carbocycles. The monoisotopic (exact) mass is 313 g/mol. The van der Waals surface area contributed by atoms with Crippen molar-refractivity contribution in [1.82, 2.24) is 13.9 Å². The van der Waals surface area contributed by atoms with E-state index in [1.165, 1.54) is 17.1 Å². The average molecular weight is 313 g/mol. The number of hydrogen-bond donors (Lipinski definition) is 1. The number of nitrogens with one attached hydrogen (secondary N) is 1. The average Bonchev–Trinajstić information content (AvgIpc) is 3.29. The highest BCUT2D eigenvalue weighted by Gasteiger charge is 2.36. The van der Waals surface area contributed by atoms with Gasteiger partial charge in [0.15, 0.2) is 0 Å². The summed E-state index contributed by atoms with van der Waals surface area (Å²) < 4.78 is 28.9. The molecule has 6 heteroatoms. The Labute approximate surface area is 129 Å². The van der Waals surface area contributed by atoms with Crippen LogP contribution in [0.15, 0.2) is 0 Å². The van der Waals surface area contributed by atoms with Crippen LogP contribution in [0.4, 0.5) is 0 Å². The summed E-state index contributed by atoms with van der Waals surface area (Å²) in [7, 11) is -3.44. The van der Waals surface area contributed by atoms with Crippen LogP contribution in [0.25, 0.3) is 0 Å². The van der Waals surface area contributed by atoms with Crippen molar-refractivity contribution in [2.45, 2.75) is 57.5 Å². The summed E-state index contributed by atoms with van der Waals surface area (Å²) in [5.41, 5.74) is 0. The molecule has 1 aliphatic carbocycles. The van der Waals surface area contributed by atoms with Crippen molar-refractivity contribution in [2.24, 2.45) is 0 Å². The first kappa shape index (κ1) is 16.8. The van der Waals surface area contributed by atoms with Crippen LogP contribution in [0.1, 0.15) is 45.4 Å². The van der Waals surface area contributed by atoms with Crippen LogP contribution in [0.3, 0.4) is 0 Å². The molecule has 1 heterocycles. The van der Waals surface area contributed by atoms with Gasteiger partial charge >= 0.3 is 0 Å². The molecular formula is C15H27N3O2S. The van der Waals surface area contributed by atoms with Crippen LogP contribution < -0.4 is 5.32 Å². The van der Waals surface area contributed by atoms with E-state index in [0.29, 0.717) is 19.1 Å². The molecule has 0 spiro atoms. The summed E-state index contributed by atoms with van der Waals surface area (Å²) in [6, 6.07) is 0.676. The fourth-order valence-electron chi connectivity index (χ4n) is 2.85. The number of nitrogens with zero attached hydrogens (tertiary/aromatic N) is 2. The minimum atomic E-state index is -3.44. The molecule has 120 valence electrons. The van der Waals surface area contributed by atoms with E-state index in [9.17, 15) is 8.42 Å². The Morgan fingerprint density at radius 2 is 2.10 bits per heavy atom. The Hall–Kier alpha value is -0.610. The quantitative estimate of drug-likeness (QED) is 0.685. The molecule has 1 saturated heterocycles. The van der Waals surface area contributed by atoms with E-state index in [0.717, 1.165) is 32.2 Å². The predicted octanol–water partition coefficient (Wildman–Crippen LogP) is 1.18. The summed E-state index contributed by atoms with van der Waals surface area (Å²) in [6.07, 6.45) is 11.5. The van der Waals surface area contributed by atoms with Crippen molar-refractivity contribution in [3.05, 3.63) is 0 Å². The maximum atomic E-state index is 12.9. The maximum absolute atomic E-state index is 12.9. The van der Waals surface area contributed by atoms with Crippen LogP contribution in [0, 0.1) is 12.3 Å². The molecule has 1 saturated carbocycles. The molecule has 1 N–H and O–H groups in total. The molecule has 1 aliphatic heterocycles. The molecular weight excluding hydrogens is 286 g/mol. The van der Waals surface area contributed by atoms with Crippen LogP contribution in [0.5, 0.6) is 0 Å². The van der Waals surface area contributed by atoms with E-state index in [1.807, 2.05) is 6.92 Å². The maximum Gasteiger partial charge on any atom is 0.283 e. The standard InChI is InChI=1S/C15H27N3O2S/c1-3-10-17(11-4-2)21(19,20)18-12-6-5-7-15(18)13-16-14-8-9-14/h1,14-16H,4-13H2,2H3. The SMILES string of the molecule is C#CCN(CCC)S(=O)(=O)N1CCCCC1CNC1CC1. The predicted molar refractivity (Wildman–Crippen MR) is 85.0 cm³/mol. The zero-order chi connectivity index (χ0) is 15.3. The third-order valence-corrected chi connectivity index (χ3v) is 6.19. The van der Waals surface area contributed by atoms with Crippen LogP contribution in [0.2, 0.25) is 0 Å². The van der Waals surface area contributed by atoms with E-state index in [4.69, 9.17) is 6.42 Å². The molecule has 2 aliphatic rings. The van der Waals surface area contributed by atoms with Crippen LogP contribution in [-0.2, 0) is 10.2 Å². The van der Waals surface area contributed by atoms with Gasteiger partial charge in [0, 0.05) is 31.7 Å². The van der Waals surface area contributed by atoms with Crippen LogP contribution >= 0.6 is 0 Å². The van der Waals surface area contributed by atoms with Crippen molar-refractivity contribution in [3.8, 4) is 12.3 Å². The zero-order valence-electron chi connectivity index (χ0n) is 12.9. The normalized spacial score (nSPS) is 24.1. The number of piperidine rings is 1. The molecule has 1 atom stereocenters. The molecule has 0 aromatic rings. The Balaban J connectivity index is 2.07. The molecule has 0 aromatic heterocycles. The molecule has 2 rings (SSSR count). The van der Waals surface area contributed by atoms with Gasteiger partial charge in [0.2, 0.25) is 0 Å². The van der Waals surface area contributed by atoms with Gasteiger partial charge in [0.1, 0.15) is 0 Å². The van der Waals surface area contributed by atoms with Gasteiger partial charge in [-0.1, -0.05) is 19.3 Å². The zero-order valence-corrected chi connectivity index (χ0v) is 13.7. The second-order valence-electron chi connectivity index (χ2n) is 5.99. The van der Waals surface area contributed by atoms with E-state index in [2.05, 4.69) is 11.2 Å². The van der Waals surface area contributed by atoms with Crippen molar-refractivity contribution in [2.75, 3.05) is 26.2 Å². The highest BCUT2D eigenvalue weighted by atomic mass is 32.2. The summed E-state index contributed by atoms with van der Waals surface area (Å²) in [5.74, 6) is 2.48. The molecule has 0 amide bonds. The number of hydrogen-bond acceptors (Lipinski definition) is 3. The van der Waals surface area contributed by atoms with Crippen molar-refractivity contribution >= 4 is 10.2 Å². The second-order valence-corrected chi connectivity index (χ2v) is 7.87. The lowest BCUT2D eigenvalue weighted by Gasteiger charge is -2.37. The van der Waals surface area contributed by atoms with Crippen molar-refractivity contribution in [1.29, 1.82) is 0 Å². The van der Waals surface area contributed by atoms with Gasteiger partial charge in [-0.15, -0.1) is 6.42 Å². The lowest BCUT2D eigenvalue weighted by Crippen LogP contribution is -2.54. The van der Waals surface area contributed by atoms with E-state index in [1.54, 1.807) is 4.31 Å². The largest absolute Gasteiger partial charge is 0.312 e. The smallest absolute Gasteiger partial charge is 0.283 e. The Morgan fingerprint density at radius 3 is 2.71 bits per heavy atom. The summed E-state index contributed by atoms with van der Waals surface area (Å²) in [5, 5.41) is 3.47. The van der Waals surface area contributed by atoms with Crippen molar-refractivity contribution < 1.29 is 8.42 Å². The summed E-state index contributed by atoms with van der Waals surface area (Å²) >= 11 is 0. The van der Waals surface area contributed by atoms with E-state index in [-0.39, 0.29) is 12.6 Å². The van der Waals surface area contributed by atoms with Gasteiger partial charge in [-0.2, -0.15) is 17.0 Å². The van der Waals surface area contributed by atoms with Crippen LogP contribution in [-0.4, -0.2) is 55.3 Å². The van der Waals surface area contributed by atoms with Gasteiger partial charge in [0.25, 0.3) is 10.2 Å². The molecule has 21 heavy (non-hydrogen) atoms. The van der Waals surface area contributed by atoms with E-state index >= 15 is 0 Å². The summed E-state index contributed by atoms with van der Waals surface area (Å²) in [4.78, 5) is 0. The lowest BCUT2D eigenvalue weighted by molar-refractivity contribution is 0.228. The Bertz CT molecular complexity index is 468. The minimum Gasteiger partial charge on any atom is -0.312 e. The van der Waals surface area contributed by atoms with Gasteiger partial charge < -0.3 is 5.32 Å². The van der Waals surface area contributed by atoms with E-state index < -0.39 is 10.2 Å². The molecule has 0 bridgehead atoms. The third-order valence-electron chi connectivity index (χ3n) is 4.16. The topological polar surface area (TPSA) is 52.7 Å². The first-order valence-electron chi connectivity index (χ1n) is 8.03. The second kappa shape index (κ2) is 7.59. The fourth-order valence-corrected chi connectivity index (χ4v) is 4.71. The van der Waals surface area contributed by atoms with Gasteiger partial charge in [-0.3, -0.25) is 0 Å². The first-order chi connectivity index (χ1) is 10.1. The highest BCUT2D eigenvalue weighted by Crippen LogP contribution is 2.24. The molecule has 2 fully saturated rings. The van der Waals surface area contributed by atoms with Gasteiger partial charge in [-0.25, -0.2) is 0 Å². The fraction of sp³-hybridized carbons (Fsp3) is 0.867. The minimum absolute atomic E-state index is 0.0708. The molecule has 0 radical (unpaired) electrons. The first-order valence-corrected chi connectivity index (χ1v) is 9.43. The molecule has 1 unspecified atom stereocenters. The Kier molecular flexibility index (Phi) is 6.06. The molecule has 5 nitrogen and oxygen atoms in total. The van der Waals surface area contributed by atoms with Gasteiger partial charge in [0.05, 0.1) is 6.54 Å². The highest BCUT2D eigenvalue weighted by molar-refractivity contribution is 7.86. The number of rotatable bonds is 8. The Morgan fingerprint density at radius 1 is 1.33 bits per heavy atom. The van der Waals surface area contributed by atoms with Crippen molar-refractivity contribution in [3.63, 3.8) is 0 Å². The third kappa shape index (κ3) is 4.43.